The predicted molar refractivity (Wildman–Crippen MR) is 86.0 cm³/mol. The van der Waals surface area contributed by atoms with E-state index in [-0.39, 0.29) is 17.6 Å². The van der Waals surface area contributed by atoms with Gasteiger partial charge in [-0.25, -0.2) is 9.78 Å². The monoisotopic (exact) mass is 332 g/mol. The molecule has 1 aliphatic rings. The topological polar surface area (TPSA) is 88.5 Å². The van der Waals surface area contributed by atoms with Crippen LogP contribution in [0.5, 0.6) is 0 Å². The first kappa shape index (κ1) is 15.6. The summed E-state index contributed by atoms with van der Waals surface area (Å²) in [5, 5.41) is 12.1. The molecule has 0 saturated carbocycles. The number of anilines is 1. The first-order valence-corrected chi connectivity index (χ1v) is 8.17. The van der Waals surface area contributed by atoms with Crippen LogP contribution in [-0.2, 0) is 4.74 Å². The van der Waals surface area contributed by atoms with Gasteiger partial charge in [0, 0.05) is 18.4 Å². The smallest absolute Gasteiger partial charge is 0.335 e. The van der Waals surface area contributed by atoms with Gasteiger partial charge in [0.1, 0.15) is 0 Å². The Labute approximate surface area is 137 Å². The highest BCUT2D eigenvalue weighted by molar-refractivity contribution is 7.15. The Morgan fingerprint density at radius 1 is 1.22 bits per heavy atom. The van der Waals surface area contributed by atoms with Crippen molar-refractivity contribution in [3.63, 3.8) is 0 Å². The highest BCUT2D eigenvalue weighted by Crippen LogP contribution is 2.33. The minimum Gasteiger partial charge on any atom is -0.478 e. The molecule has 3 rings (SSSR count). The number of nitrogens with zero attached hydrogens (tertiary/aromatic N) is 1. The van der Waals surface area contributed by atoms with Crippen molar-refractivity contribution in [2.75, 3.05) is 11.9 Å². The molecule has 120 valence electrons. The van der Waals surface area contributed by atoms with E-state index in [0.29, 0.717) is 10.7 Å². The third kappa shape index (κ3) is 3.75. The number of hydrogen-bond donors (Lipinski definition) is 2. The van der Waals surface area contributed by atoms with Gasteiger partial charge in [-0.2, -0.15) is 0 Å². The highest BCUT2D eigenvalue weighted by Gasteiger charge is 2.19. The van der Waals surface area contributed by atoms with Crippen molar-refractivity contribution in [3.05, 3.63) is 46.5 Å². The van der Waals surface area contributed by atoms with Gasteiger partial charge in [-0.3, -0.25) is 10.1 Å². The summed E-state index contributed by atoms with van der Waals surface area (Å²) in [7, 11) is 0. The molecule has 0 spiro atoms. The van der Waals surface area contributed by atoms with Crippen LogP contribution in [0.4, 0.5) is 5.13 Å². The number of ether oxygens (including phenoxy) is 1. The van der Waals surface area contributed by atoms with E-state index < -0.39 is 5.97 Å². The molecule has 1 fully saturated rings. The number of nitrogens with one attached hydrogen (secondary N) is 1. The van der Waals surface area contributed by atoms with E-state index in [4.69, 9.17) is 9.84 Å². The van der Waals surface area contributed by atoms with Crippen molar-refractivity contribution in [1.82, 2.24) is 4.98 Å². The molecule has 1 unspecified atom stereocenters. The number of hydrogen-bond acceptors (Lipinski definition) is 5. The molecule has 1 amide bonds. The van der Waals surface area contributed by atoms with Crippen LogP contribution in [-0.4, -0.2) is 28.6 Å². The Kier molecular flexibility index (Phi) is 4.68. The van der Waals surface area contributed by atoms with E-state index in [9.17, 15) is 9.59 Å². The molecule has 2 aromatic rings. The summed E-state index contributed by atoms with van der Waals surface area (Å²) in [6.45, 7) is 0.764. The summed E-state index contributed by atoms with van der Waals surface area (Å²) >= 11 is 1.41. The average molecular weight is 332 g/mol. The van der Waals surface area contributed by atoms with Crippen molar-refractivity contribution < 1.29 is 19.4 Å². The van der Waals surface area contributed by atoms with Crippen LogP contribution in [0.2, 0.25) is 0 Å². The molecule has 1 aromatic heterocycles. The molecule has 1 aromatic carbocycles. The van der Waals surface area contributed by atoms with Gasteiger partial charge in [0.15, 0.2) is 5.13 Å². The zero-order valence-electron chi connectivity index (χ0n) is 12.3. The van der Waals surface area contributed by atoms with Gasteiger partial charge in [-0.15, -0.1) is 0 Å². The normalized spacial score (nSPS) is 17.7. The van der Waals surface area contributed by atoms with Gasteiger partial charge in [-0.1, -0.05) is 11.3 Å². The zero-order valence-corrected chi connectivity index (χ0v) is 13.1. The van der Waals surface area contributed by atoms with Crippen LogP contribution in [0.15, 0.2) is 30.5 Å². The summed E-state index contributed by atoms with van der Waals surface area (Å²) in [6.07, 6.45) is 5.02. The summed E-state index contributed by atoms with van der Waals surface area (Å²) in [4.78, 5) is 28.2. The van der Waals surface area contributed by atoms with Gasteiger partial charge in [0.25, 0.3) is 5.91 Å². The lowest BCUT2D eigenvalue weighted by Crippen LogP contribution is -2.12. The number of aromatic carboxylic acids is 1. The minimum atomic E-state index is -1.02. The standard InChI is InChI=1S/C16H16N2O4S/c19-14(10-4-6-11(7-5-10)15(20)21)18-16-17-9-13(23-16)12-3-1-2-8-22-12/h4-7,9,12H,1-3,8H2,(H,20,21)(H,17,18,19). The average Bonchev–Trinajstić information content (AvgIpc) is 3.04. The number of thiazole rings is 1. The van der Waals surface area contributed by atoms with E-state index >= 15 is 0 Å². The number of carbonyl (C=O) groups excluding carboxylic acids is 1. The third-order valence-corrected chi connectivity index (χ3v) is 4.64. The molecule has 1 atom stereocenters. The predicted octanol–water partition coefficient (Wildman–Crippen LogP) is 3.34. The summed E-state index contributed by atoms with van der Waals surface area (Å²) in [5.74, 6) is -1.33. The van der Waals surface area contributed by atoms with E-state index in [0.717, 1.165) is 30.7 Å². The maximum atomic E-state index is 12.2. The molecule has 0 bridgehead atoms. The molecule has 6 nitrogen and oxygen atoms in total. The van der Waals surface area contributed by atoms with Crippen molar-refractivity contribution in [2.45, 2.75) is 25.4 Å². The molecule has 7 heteroatoms. The van der Waals surface area contributed by atoms with Gasteiger partial charge >= 0.3 is 5.97 Å². The molecule has 2 heterocycles. The van der Waals surface area contributed by atoms with Crippen LogP contribution in [0.1, 0.15) is 51.0 Å². The number of amides is 1. The largest absolute Gasteiger partial charge is 0.478 e. The van der Waals surface area contributed by atoms with Crippen LogP contribution < -0.4 is 5.32 Å². The summed E-state index contributed by atoms with van der Waals surface area (Å²) < 4.78 is 5.70. The molecule has 1 saturated heterocycles. The summed E-state index contributed by atoms with van der Waals surface area (Å²) in [6, 6.07) is 5.77. The Bertz CT molecular complexity index is 705. The summed E-state index contributed by atoms with van der Waals surface area (Å²) in [5.41, 5.74) is 0.535. The van der Waals surface area contributed by atoms with Gasteiger partial charge in [0.05, 0.1) is 16.5 Å². The second-order valence-electron chi connectivity index (χ2n) is 5.26. The fraction of sp³-hybridized carbons (Fsp3) is 0.312. The van der Waals surface area contributed by atoms with Crippen molar-refractivity contribution in [1.29, 1.82) is 0 Å². The van der Waals surface area contributed by atoms with Crippen molar-refractivity contribution in [2.24, 2.45) is 0 Å². The molecule has 1 aliphatic heterocycles. The van der Waals surface area contributed by atoms with E-state index in [1.807, 2.05) is 0 Å². The second-order valence-corrected chi connectivity index (χ2v) is 6.32. The molecule has 2 N–H and O–H groups in total. The highest BCUT2D eigenvalue weighted by atomic mass is 32.1. The number of aromatic nitrogens is 1. The lowest BCUT2D eigenvalue weighted by Gasteiger charge is -2.20. The number of carboxylic acids is 1. The fourth-order valence-electron chi connectivity index (χ4n) is 2.39. The first-order valence-electron chi connectivity index (χ1n) is 7.35. The van der Waals surface area contributed by atoms with Gasteiger partial charge < -0.3 is 9.84 Å². The molecule has 23 heavy (non-hydrogen) atoms. The fourth-order valence-corrected chi connectivity index (χ4v) is 3.29. The lowest BCUT2D eigenvalue weighted by molar-refractivity contribution is 0.0171. The number of benzene rings is 1. The molecular formula is C16H16N2O4S. The third-order valence-electron chi connectivity index (χ3n) is 3.64. The number of carboxylic acid groups (broad SMARTS) is 1. The van der Waals surface area contributed by atoms with Gasteiger partial charge in [0.2, 0.25) is 0 Å². The minimum absolute atomic E-state index is 0.0711. The zero-order chi connectivity index (χ0) is 16.2. The maximum Gasteiger partial charge on any atom is 0.335 e. The van der Waals surface area contributed by atoms with Crippen LogP contribution in [0, 0.1) is 0 Å². The molecule has 0 radical (unpaired) electrons. The Morgan fingerprint density at radius 2 is 1.96 bits per heavy atom. The second kappa shape index (κ2) is 6.89. The quantitative estimate of drug-likeness (QED) is 0.896. The number of carbonyl (C=O) groups is 2. The van der Waals surface area contributed by atoms with Gasteiger partial charge in [-0.05, 0) is 43.5 Å². The van der Waals surface area contributed by atoms with Crippen LogP contribution in [0.25, 0.3) is 0 Å². The Balaban J connectivity index is 1.65. The van der Waals surface area contributed by atoms with E-state index in [2.05, 4.69) is 10.3 Å². The Morgan fingerprint density at radius 3 is 2.61 bits per heavy atom. The first-order chi connectivity index (χ1) is 11.1. The van der Waals surface area contributed by atoms with Crippen molar-refractivity contribution in [3.8, 4) is 0 Å². The molecular weight excluding hydrogens is 316 g/mol. The maximum absolute atomic E-state index is 12.2. The van der Waals surface area contributed by atoms with Crippen molar-refractivity contribution >= 4 is 28.3 Å². The molecule has 0 aliphatic carbocycles. The number of rotatable bonds is 4. The van der Waals surface area contributed by atoms with Crippen LogP contribution >= 0.6 is 11.3 Å². The lowest BCUT2D eigenvalue weighted by atomic mass is 10.1. The van der Waals surface area contributed by atoms with E-state index in [1.54, 1.807) is 6.20 Å². The van der Waals surface area contributed by atoms with E-state index in [1.165, 1.54) is 35.6 Å². The van der Waals surface area contributed by atoms with Crippen LogP contribution in [0.3, 0.4) is 0 Å². The SMILES string of the molecule is O=C(O)c1ccc(C(=O)Nc2ncc(C3CCCCO3)s2)cc1. The Hall–Kier alpha value is -2.25.